The molecule has 0 spiro atoms. The molecule has 0 radical (unpaired) electrons. The Morgan fingerprint density at radius 3 is 2.65 bits per heavy atom. The number of fused-ring (bicyclic) bond motifs is 2. The normalized spacial score (nSPS) is 15.3. The van der Waals surface area contributed by atoms with E-state index in [-0.39, 0.29) is 33.8 Å². The minimum atomic E-state index is -0.947. The Hall–Kier alpha value is -4.04. The zero-order valence-corrected chi connectivity index (χ0v) is 16.4. The van der Waals surface area contributed by atoms with Crippen LogP contribution in [0.5, 0.6) is 0 Å². The van der Waals surface area contributed by atoms with Crippen molar-refractivity contribution in [2.45, 2.75) is 6.04 Å². The van der Waals surface area contributed by atoms with Gasteiger partial charge in [0.1, 0.15) is 11.4 Å². The summed E-state index contributed by atoms with van der Waals surface area (Å²) >= 11 is 6.06. The Bertz CT molecular complexity index is 1430. The van der Waals surface area contributed by atoms with Crippen molar-refractivity contribution in [2.24, 2.45) is 0 Å². The minimum Gasteiger partial charge on any atom is -0.450 e. The Balaban J connectivity index is 1.83. The van der Waals surface area contributed by atoms with Gasteiger partial charge in [0.05, 0.1) is 21.9 Å². The van der Waals surface area contributed by atoms with Crippen LogP contribution in [0, 0.1) is 10.1 Å². The number of carbonyl (C=O) groups excluding carboxylic acids is 1. The fourth-order valence-electron chi connectivity index (χ4n) is 3.80. The molecule has 1 aliphatic heterocycles. The summed E-state index contributed by atoms with van der Waals surface area (Å²) in [6, 6.07) is 14.4. The summed E-state index contributed by atoms with van der Waals surface area (Å²) in [5.74, 6) is -0.391. The van der Waals surface area contributed by atoms with Gasteiger partial charge in [0.15, 0.2) is 5.43 Å². The SMILES string of the molecule is O=C1c2oc3ccc(Cl)cc3c(=O)c2C(c2cccc([N+](=O)[O-])c2)N1c1ccccn1. The van der Waals surface area contributed by atoms with Crippen molar-refractivity contribution in [3.63, 3.8) is 0 Å². The number of carbonyl (C=O) groups is 1. The first kappa shape index (κ1) is 19.0. The molecule has 2 aromatic carbocycles. The van der Waals surface area contributed by atoms with Crippen LogP contribution >= 0.6 is 11.6 Å². The van der Waals surface area contributed by atoms with Gasteiger partial charge in [-0.15, -0.1) is 0 Å². The second kappa shape index (κ2) is 7.03. The zero-order valence-electron chi connectivity index (χ0n) is 15.7. The smallest absolute Gasteiger partial charge is 0.296 e. The fourth-order valence-corrected chi connectivity index (χ4v) is 3.97. The number of nitrogens with zero attached hydrogens (tertiary/aromatic N) is 3. The molecule has 1 amide bonds. The maximum atomic E-state index is 13.4. The molecule has 1 unspecified atom stereocenters. The quantitative estimate of drug-likeness (QED) is 0.348. The van der Waals surface area contributed by atoms with E-state index in [0.29, 0.717) is 10.6 Å². The number of nitro groups is 1. The number of amides is 1. The van der Waals surface area contributed by atoms with Crippen LogP contribution in [0.25, 0.3) is 11.0 Å². The van der Waals surface area contributed by atoms with Crippen LogP contribution in [-0.2, 0) is 0 Å². The summed E-state index contributed by atoms with van der Waals surface area (Å²) in [5.41, 5.74) is 0.114. The summed E-state index contributed by atoms with van der Waals surface area (Å²) in [4.78, 5) is 43.2. The monoisotopic (exact) mass is 433 g/mol. The number of benzene rings is 2. The van der Waals surface area contributed by atoms with Gasteiger partial charge in [0.25, 0.3) is 11.6 Å². The zero-order chi connectivity index (χ0) is 21.7. The average Bonchev–Trinajstić information content (AvgIpc) is 3.07. The number of hydrogen-bond donors (Lipinski definition) is 0. The van der Waals surface area contributed by atoms with Crippen molar-refractivity contribution in [1.29, 1.82) is 0 Å². The lowest BCUT2D eigenvalue weighted by molar-refractivity contribution is -0.384. The molecule has 9 heteroatoms. The summed E-state index contributed by atoms with van der Waals surface area (Å²) in [5, 5.41) is 11.9. The molecule has 0 bridgehead atoms. The predicted octanol–water partition coefficient (Wildman–Crippen LogP) is 4.50. The number of non-ortho nitro benzene ring substituents is 1. The molecule has 5 rings (SSSR count). The Morgan fingerprint density at radius 1 is 1.06 bits per heavy atom. The largest absolute Gasteiger partial charge is 0.450 e. The van der Waals surface area contributed by atoms with Crippen LogP contribution in [0.1, 0.15) is 27.7 Å². The van der Waals surface area contributed by atoms with Gasteiger partial charge in [-0.25, -0.2) is 4.98 Å². The third-order valence-corrected chi connectivity index (χ3v) is 5.36. The Kier molecular flexibility index (Phi) is 4.30. The molecule has 2 aromatic heterocycles. The highest BCUT2D eigenvalue weighted by Crippen LogP contribution is 2.41. The highest BCUT2D eigenvalue weighted by molar-refractivity contribution is 6.31. The van der Waals surface area contributed by atoms with Crippen molar-refractivity contribution in [3.05, 3.63) is 109 Å². The number of nitro benzene ring substituents is 1. The molecular weight excluding hydrogens is 422 g/mol. The predicted molar refractivity (Wildman–Crippen MR) is 113 cm³/mol. The van der Waals surface area contributed by atoms with E-state index >= 15 is 0 Å². The van der Waals surface area contributed by atoms with E-state index in [9.17, 15) is 19.7 Å². The second-order valence-electron chi connectivity index (χ2n) is 6.93. The summed E-state index contributed by atoms with van der Waals surface area (Å²) in [7, 11) is 0. The van der Waals surface area contributed by atoms with Crippen molar-refractivity contribution < 1.29 is 14.1 Å². The van der Waals surface area contributed by atoms with Crippen LogP contribution in [-0.4, -0.2) is 15.8 Å². The van der Waals surface area contributed by atoms with Crippen LogP contribution in [0.3, 0.4) is 0 Å². The van der Waals surface area contributed by atoms with Gasteiger partial charge < -0.3 is 4.42 Å². The van der Waals surface area contributed by atoms with Gasteiger partial charge in [0.2, 0.25) is 5.76 Å². The first-order chi connectivity index (χ1) is 15.0. The number of anilines is 1. The van der Waals surface area contributed by atoms with E-state index in [1.165, 1.54) is 41.4 Å². The van der Waals surface area contributed by atoms with Crippen molar-refractivity contribution >= 4 is 40.0 Å². The molecule has 0 saturated heterocycles. The Morgan fingerprint density at radius 2 is 1.90 bits per heavy atom. The van der Waals surface area contributed by atoms with E-state index in [0.717, 1.165) is 0 Å². The van der Waals surface area contributed by atoms with Gasteiger partial charge in [-0.05, 0) is 35.9 Å². The number of hydrogen-bond acceptors (Lipinski definition) is 6. The molecule has 4 aromatic rings. The second-order valence-corrected chi connectivity index (χ2v) is 7.37. The molecule has 0 N–H and O–H groups in total. The molecule has 0 aliphatic carbocycles. The molecular formula is C22H12ClN3O5. The average molecular weight is 434 g/mol. The molecule has 3 heterocycles. The molecule has 152 valence electrons. The van der Waals surface area contributed by atoms with Crippen LogP contribution in [0.2, 0.25) is 5.02 Å². The third-order valence-electron chi connectivity index (χ3n) is 5.13. The summed E-state index contributed by atoms with van der Waals surface area (Å²) in [6.45, 7) is 0. The van der Waals surface area contributed by atoms with Crippen molar-refractivity contribution in [2.75, 3.05) is 4.90 Å². The first-order valence-electron chi connectivity index (χ1n) is 9.21. The van der Waals surface area contributed by atoms with E-state index in [4.69, 9.17) is 16.0 Å². The molecule has 0 saturated carbocycles. The van der Waals surface area contributed by atoms with Crippen molar-refractivity contribution in [1.82, 2.24) is 4.98 Å². The van der Waals surface area contributed by atoms with E-state index in [1.807, 2.05) is 0 Å². The lowest BCUT2D eigenvalue weighted by atomic mass is 9.98. The molecule has 1 atom stereocenters. The topological polar surface area (TPSA) is 107 Å². The van der Waals surface area contributed by atoms with Gasteiger partial charge >= 0.3 is 0 Å². The first-order valence-corrected chi connectivity index (χ1v) is 9.58. The molecule has 8 nitrogen and oxygen atoms in total. The molecule has 1 aliphatic rings. The summed E-state index contributed by atoms with van der Waals surface area (Å²) < 4.78 is 5.82. The van der Waals surface area contributed by atoms with Gasteiger partial charge in [0, 0.05) is 23.4 Å². The van der Waals surface area contributed by atoms with E-state index in [2.05, 4.69) is 4.98 Å². The number of aromatic nitrogens is 1. The van der Waals surface area contributed by atoms with Gasteiger partial charge in [-0.2, -0.15) is 0 Å². The van der Waals surface area contributed by atoms with Crippen molar-refractivity contribution in [3.8, 4) is 0 Å². The van der Waals surface area contributed by atoms with Gasteiger partial charge in [-0.1, -0.05) is 29.8 Å². The molecule has 0 fully saturated rings. The number of halogens is 1. The standard InChI is InChI=1S/C22H12ClN3O5/c23-13-7-8-16-15(11-13)20(27)18-19(12-4-3-5-14(10-12)26(29)30)25(22(28)21(18)31-16)17-6-1-2-9-24-17/h1-11,19H. The van der Waals surface area contributed by atoms with E-state index in [1.54, 1.807) is 30.3 Å². The lowest BCUT2D eigenvalue weighted by Crippen LogP contribution is -2.30. The Labute approximate surface area is 179 Å². The fraction of sp³-hybridized carbons (Fsp3) is 0.0455. The number of pyridine rings is 1. The number of rotatable bonds is 3. The maximum absolute atomic E-state index is 13.4. The highest BCUT2D eigenvalue weighted by atomic mass is 35.5. The van der Waals surface area contributed by atoms with E-state index < -0.39 is 22.3 Å². The third kappa shape index (κ3) is 2.96. The minimum absolute atomic E-state index is 0.0888. The van der Waals surface area contributed by atoms with Crippen LogP contribution in [0.15, 0.2) is 76.1 Å². The maximum Gasteiger partial charge on any atom is 0.296 e. The summed E-state index contributed by atoms with van der Waals surface area (Å²) in [6.07, 6.45) is 1.52. The highest BCUT2D eigenvalue weighted by Gasteiger charge is 2.44. The van der Waals surface area contributed by atoms with Gasteiger partial charge in [-0.3, -0.25) is 24.6 Å². The lowest BCUT2D eigenvalue weighted by Gasteiger charge is -2.23. The van der Waals surface area contributed by atoms with Crippen LogP contribution < -0.4 is 10.3 Å². The molecule has 31 heavy (non-hydrogen) atoms. The van der Waals surface area contributed by atoms with Crippen LogP contribution in [0.4, 0.5) is 11.5 Å².